The quantitative estimate of drug-likeness (QED) is 0.0551. The van der Waals surface area contributed by atoms with E-state index in [1.54, 1.807) is 6.07 Å². The minimum atomic E-state index is -1.15. The second-order valence-electron chi connectivity index (χ2n) is 12.5. The van der Waals surface area contributed by atoms with Crippen molar-refractivity contribution >= 4 is 59.0 Å². The smallest absolute Gasteiger partial charge is 0.455 e. The first-order valence-electron chi connectivity index (χ1n) is 16.2. The van der Waals surface area contributed by atoms with Crippen LogP contribution in [-0.4, -0.2) is 53.8 Å². The molecule has 49 heavy (non-hydrogen) atoms. The number of nitro benzene ring substituents is 1. The van der Waals surface area contributed by atoms with Crippen molar-refractivity contribution in [2.75, 3.05) is 18.6 Å². The van der Waals surface area contributed by atoms with Gasteiger partial charge in [0.25, 0.3) is 5.69 Å². The maximum absolute atomic E-state index is 14.1. The molecule has 1 aliphatic carbocycles. The number of phenolic OH excluding ortho intramolecular Hbond substituents is 1. The molecule has 2 aliphatic heterocycles. The summed E-state index contributed by atoms with van der Waals surface area (Å²) in [7, 11) is 0.356. The fourth-order valence-corrected chi connectivity index (χ4v) is 7.95. The molecule has 2 fully saturated rings. The number of methoxy groups -OCH3 is 1. The number of aromatic hydroxyl groups is 1. The fourth-order valence-electron chi connectivity index (χ4n) is 7.32. The van der Waals surface area contributed by atoms with Crippen molar-refractivity contribution in [3.63, 3.8) is 0 Å². The summed E-state index contributed by atoms with van der Waals surface area (Å²) < 4.78 is 18.4. The molecule has 0 bridgehead atoms. The van der Waals surface area contributed by atoms with E-state index in [-0.39, 0.29) is 36.5 Å². The Balaban J connectivity index is 1.33. The number of nitrogens with zero attached hydrogens (tertiary/aromatic N) is 2. The molecule has 3 aliphatic rings. The van der Waals surface area contributed by atoms with Crippen LogP contribution in [0.4, 0.5) is 11.4 Å². The lowest BCUT2D eigenvalue weighted by Gasteiger charge is -2.43. The molecule has 0 unspecified atom stereocenters. The number of amides is 2. The lowest BCUT2D eigenvalue weighted by Crippen LogP contribution is -2.46. The molecule has 2 N–H and O–H groups in total. The van der Waals surface area contributed by atoms with Crippen LogP contribution in [0.2, 0.25) is 6.32 Å². The summed E-state index contributed by atoms with van der Waals surface area (Å²) in [5, 5.41) is 32.8. The lowest BCUT2D eigenvalue weighted by atomic mass is 9.58. The maximum Gasteiger partial charge on any atom is 0.455 e. The van der Waals surface area contributed by atoms with Crippen LogP contribution in [0.5, 0.6) is 17.2 Å². The molecular weight excluding hydrogens is 742 g/mol. The molecule has 6 rings (SSSR count). The molecule has 254 valence electrons. The van der Waals surface area contributed by atoms with E-state index in [1.165, 1.54) is 31.4 Å². The van der Waals surface area contributed by atoms with Crippen molar-refractivity contribution in [1.82, 2.24) is 0 Å². The number of ether oxygens (including phenoxy) is 2. The third kappa shape index (κ3) is 7.10. The normalized spacial score (nSPS) is 22.2. The summed E-state index contributed by atoms with van der Waals surface area (Å²) >= 11 is 2.07. The Labute approximate surface area is 298 Å². The van der Waals surface area contributed by atoms with Gasteiger partial charge < -0.3 is 24.3 Å². The van der Waals surface area contributed by atoms with Gasteiger partial charge in [0, 0.05) is 12.1 Å². The molecule has 0 saturated carbocycles. The summed E-state index contributed by atoms with van der Waals surface area (Å²) in [6.07, 6.45) is 3.79. The van der Waals surface area contributed by atoms with Crippen molar-refractivity contribution < 1.29 is 38.8 Å². The van der Waals surface area contributed by atoms with Crippen molar-refractivity contribution in [3.05, 3.63) is 103 Å². The third-order valence-electron chi connectivity index (χ3n) is 9.59. The zero-order valence-corrected chi connectivity index (χ0v) is 29.2. The number of para-hydroxylation sites is 1. The van der Waals surface area contributed by atoms with Gasteiger partial charge in [0.2, 0.25) is 11.8 Å². The summed E-state index contributed by atoms with van der Waals surface area (Å²) in [5.41, 5.74) is 3.67. The monoisotopic (exact) mass is 778 g/mol. The predicted octanol–water partition coefficient (Wildman–Crippen LogP) is 6.57. The highest BCUT2D eigenvalue weighted by molar-refractivity contribution is 14.1. The van der Waals surface area contributed by atoms with Crippen molar-refractivity contribution in [2.24, 2.45) is 17.8 Å². The molecule has 4 atom stereocenters. The second-order valence-corrected chi connectivity index (χ2v) is 13.6. The average molecular weight is 778 g/mol. The van der Waals surface area contributed by atoms with Crippen LogP contribution in [-0.2, 0) is 14.2 Å². The first-order chi connectivity index (χ1) is 23.6. The zero-order valence-electron chi connectivity index (χ0n) is 27.1. The zero-order chi connectivity index (χ0) is 34.8. The van der Waals surface area contributed by atoms with Crippen LogP contribution in [0.1, 0.15) is 38.2 Å². The molecule has 2 amide bonds. The van der Waals surface area contributed by atoms with Gasteiger partial charge in [0.1, 0.15) is 12.4 Å². The molecule has 3 aromatic rings. The van der Waals surface area contributed by atoms with Gasteiger partial charge in [-0.05, 0) is 108 Å². The number of hydrogen-bond donors (Lipinski definition) is 2. The number of imide groups is 1. The summed E-state index contributed by atoms with van der Waals surface area (Å²) in [6, 6.07) is 18.5. The van der Waals surface area contributed by atoms with E-state index in [2.05, 4.69) is 35.6 Å². The number of halogens is 1. The van der Waals surface area contributed by atoms with E-state index < -0.39 is 47.7 Å². The molecule has 2 heterocycles. The van der Waals surface area contributed by atoms with Crippen molar-refractivity contribution in [2.45, 2.75) is 45.0 Å². The van der Waals surface area contributed by atoms with Crippen LogP contribution < -0.4 is 14.4 Å². The Kier molecular flexibility index (Phi) is 10.4. The molecular formula is C36H36BIN2O9. The van der Waals surface area contributed by atoms with Gasteiger partial charge in [-0.3, -0.25) is 19.7 Å². The van der Waals surface area contributed by atoms with Crippen LogP contribution in [0.25, 0.3) is 6.08 Å². The number of rotatable bonds is 11. The maximum atomic E-state index is 14.1. The minimum Gasteiger partial charge on any atom is -0.504 e. The van der Waals surface area contributed by atoms with Crippen molar-refractivity contribution in [1.29, 1.82) is 0 Å². The number of fused-ring (bicyclic) bond motifs is 3. The molecule has 3 aromatic carbocycles. The van der Waals surface area contributed by atoms with E-state index in [9.17, 15) is 29.8 Å². The highest BCUT2D eigenvalue weighted by Crippen LogP contribution is 2.51. The summed E-state index contributed by atoms with van der Waals surface area (Å²) in [6.45, 7) is 2.23. The van der Waals surface area contributed by atoms with E-state index in [0.29, 0.717) is 27.9 Å². The minimum absolute atomic E-state index is 0.0886. The second kappa shape index (κ2) is 14.7. The number of nitro groups is 1. The highest BCUT2D eigenvalue weighted by atomic mass is 127. The van der Waals surface area contributed by atoms with Crippen LogP contribution in [0.3, 0.4) is 0 Å². The molecule has 0 spiro atoms. The van der Waals surface area contributed by atoms with E-state index >= 15 is 0 Å². The Morgan fingerprint density at radius 1 is 1.12 bits per heavy atom. The number of hydrogen-bond acceptors (Lipinski definition) is 9. The summed E-state index contributed by atoms with van der Waals surface area (Å²) in [5.74, 6) is -1.67. The standard InChI is InChI=1S/C36H36BIN2O9/c1-3-21(14-22-15-29(38)34(41)31(16-22)47-2)12-13-30-32-23(20-48-26-10-5-4-6-11-26)17-27-33(28(32)19-37(44)49-30)36(43)39(35(27)42)24-8-7-9-25(18-24)40(45)46/h4-11,14-16,18,27-28,30,33,41,44H,3,12-13,17,19-20H2,1-2H3/b21-14+/t27-,28+,30-,33-/m1/s1. The summed E-state index contributed by atoms with van der Waals surface area (Å²) in [4.78, 5) is 40.1. The third-order valence-corrected chi connectivity index (χ3v) is 10.4. The first kappa shape index (κ1) is 34.7. The average Bonchev–Trinajstić information content (AvgIpc) is 3.35. The molecule has 11 nitrogen and oxygen atoms in total. The number of anilines is 1. The van der Waals surface area contributed by atoms with Gasteiger partial charge in [-0.25, -0.2) is 4.90 Å². The predicted molar refractivity (Wildman–Crippen MR) is 192 cm³/mol. The number of carbonyl (C=O) groups is 2. The van der Waals surface area contributed by atoms with E-state index in [4.69, 9.17) is 14.1 Å². The molecule has 0 radical (unpaired) electrons. The van der Waals surface area contributed by atoms with Crippen LogP contribution in [0, 0.1) is 31.4 Å². The first-order valence-corrected chi connectivity index (χ1v) is 17.3. The van der Waals surface area contributed by atoms with Gasteiger partial charge in [-0.15, -0.1) is 0 Å². The molecule has 2 saturated heterocycles. The largest absolute Gasteiger partial charge is 0.504 e. The molecule has 0 aromatic heterocycles. The number of benzene rings is 3. The Morgan fingerprint density at radius 3 is 2.61 bits per heavy atom. The Hall–Kier alpha value is -4.21. The van der Waals surface area contributed by atoms with Gasteiger partial charge >= 0.3 is 7.12 Å². The van der Waals surface area contributed by atoms with E-state index in [0.717, 1.165) is 33.6 Å². The topological polar surface area (TPSA) is 149 Å². The Bertz CT molecular complexity index is 1830. The van der Waals surface area contributed by atoms with Gasteiger partial charge in [-0.2, -0.15) is 0 Å². The van der Waals surface area contributed by atoms with Gasteiger partial charge in [-0.1, -0.05) is 42.8 Å². The SMILES string of the molecule is CC/C(=C\c1cc(I)c(O)c(OC)c1)CC[C@H]1OB(O)C[C@H]2C1=C(COc1ccccc1)C[C@H]1C(=O)N(c3cccc([N+](=O)[O-])c3)C(=O)[C@H]12. The highest BCUT2D eigenvalue weighted by Gasteiger charge is 2.57. The lowest BCUT2D eigenvalue weighted by molar-refractivity contribution is -0.384. The van der Waals surface area contributed by atoms with E-state index in [1.807, 2.05) is 36.4 Å². The number of carbonyl (C=O) groups excluding carboxylic acids is 2. The Morgan fingerprint density at radius 2 is 1.90 bits per heavy atom. The number of non-ortho nitro benzene ring substituents is 1. The van der Waals surface area contributed by atoms with Gasteiger partial charge in [0.15, 0.2) is 11.5 Å². The van der Waals surface area contributed by atoms with Gasteiger partial charge in [0.05, 0.1) is 39.2 Å². The van der Waals surface area contributed by atoms with Crippen LogP contribution in [0.15, 0.2) is 83.4 Å². The van der Waals surface area contributed by atoms with Crippen molar-refractivity contribution in [3.8, 4) is 17.2 Å². The fraction of sp³-hybridized carbons (Fsp3) is 0.333. The number of allylic oxidation sites excluding steroid dienone is 1. The van der Waals surface area contributed by atoms with Crippen LogP contribution >= 0.6 is 22.6 Å². The molecule has 13 heteroatoms. The number of phenols is 1.